The highest BCUT2D eigenvalue weighted by Gasteiger charge is 2.77. The molecule has 1 aromatic rings. The summed E-state index contributed by atoms with van der Waals surface area (Å²) in [4.78, 5) is 2.10. The van der Waals surface area contributed by atoms with Gasteiger partial charge in [0.05, 0.1) is 16.9 Å². The molecule has 0 amide bonds. The van der Waals surface area contributed by atoms with Gasteiger partial charge in [-0.25, -0.2) is 4.21 Å². The van der Waals surface area contributed by atoms with Gasteiger partial charge in [-0.3, -0.25) is 0 Å². The predicted molar refractivity (Wildman–Crippen MR) is 163 cm³/mol. The molecule has 5 aliphatic rings. The summed E-state index contributed by atoms with van der Waals surface area (Å²) < 4.78 is 20.3. The number of allylic oxidation sites excluding steroid dienone is 2. The van der Waals surface area contributed by atoms with Crippen molar-refractivity contribution in [2.45, 2.75) is 111 Å². The van der Waals surface area contributed by atoms with Crippen LogP contribution in [0.15, 0.2) is 40.1 Å². The molecule has 5 fully saturated rings. The number of methoxy groups -OCH3 is 1. The topological polar surface area (TPSA) is 26.3 Å². The molecule has 0 heterocycles. The molecular weight excluding hydrogens is 496 g/mol. The first-order chi connectivity index (χ1) is 18.5. The summed E-state index contributed by atoms with van der Waals surface area (Å²) in [6.45, 7) is 16.7. The molecule has 5 saturated carbocycles. The molecule has 0 N–H and O–H groups in total. The summed E-state index contributed by atoms with van der Waals surface area (Å²) in [6, 6.07) is 8.35. The largest absolute Gasteiger partial charge is 0.381 e. The van der Waals surface area contributed by atoms with Gasteiger partial charge < -0.3 is 4.74 Å². The van der Waals surface area contributed by atoms with Crippen LogP contribution >= 0.6 is 0 Å². The third-order valence-corrected chi connectivity index (χ3v) is 15.5. The van der Waals surface area contributed by atoms with Crippen molar-refractivity contribution in [3.05, 3.63) is 40.8 Å². The number of aryl methyl sites for hydroxylation is 1. The van der Waals surface area contributed by atoms with Gasteiger partial charge in [-0.05, 0) is 129 Å². The van der Waals surface area contributed by atoms with Crippen molar-refractivity contribution >= 4 is 10.8 Å². The minimum absolute atomic E-state index is 0.307. The van der Waals surface area contributed by atoms with Crippen LogP contribution in [-0.2, 0) is 15.5 Å². The van der Waals surface area contributed by atoms with Gasteiger partial charge in [0.2, 0.25) is 0 Å². The highest BCUT2D eigenvalue weighted by atomic mass is 32.2. The number of hydrogen-bond donors (Lipinski definition) is 0. The maximum atomic E-state index is 14.0. The molecule has 0 saturated heterocycles. The average Bonchev–Trinajstić information content (AvgIpc) is 3.42. The van der Waals surface area contributed by atoms with Crippen molar-refractivity contribution in [1.29, 1.82) is 0 Å². The lowest BCUT2D eigenvalue weighted by atomic mass is 9.45. The average molecular weight is 551 g/mol. The first-order valence-electron chi connectivity index (χ1n) is 16.2. The molecule has 2 nitrogen and oxygen atoms in total. The van der Waals surface area contributed by atoms with E-state index in [1.54, 1.807) is 0 Å². The molecule has 0 aromatic heterocycles. The standard InChI is InChI=1S/C36H54O2S/c1-22(2)25(5)32(39(37)27-11-9-23(3)10-12-27)19-24(4)29-13-14-30-28-20-33(38-8)36-21-26(36)15-18-35(36,7)31(28)16-17-34(29,30)6/h9-12,19,22,24-26,28-31,33H,13-18,20-21H2,1-8H3/b32-19-/t24-,25+,26-,28+,29-,30+,31+,33-,34-,35-,36+,39+/m1/s1. The summed E-state index contributed by atoms with van der Waals surface area (Å²) in [5, 5.41) is 0. The van der Waals surface area contributed by atoms with Crippen LogP contribution in [0.2, 0.25) is 0 Å². The molecule has 0 aliphatic heterocycles. The number of rotatable bonds is 7. The first kappa shape index (κ1) is 28.2. The molecule has 12 atom stereocenters. The molecule has 216 valence electrons. The van der Waals surface area contributed by atoms with Crippen molar-refractivity contribution in [3.8, 4) is 0 Å². The zero-order valence-corrected chi connectivity index (χ0v) is 26.8. The van der Waals surface area contributed by atoms with Gasteiger partial charge in [-0.2, -0.15) is 0 Å². The van der Waals surface area contributed by atoms with Crippen LogP contribution in [0.25, 0.3) is 0 Å². The van der Waals surface area contributed by atoms with Crippen LogP contribution in [0.3, 0.4) is 0 Å². The van der Waals surface area contributed by atoms with E-state index in [-0.39, 0.29) is 0 Å². The third kappa shape index (κ3) is 4.05. The van der Waals surface area contributed by atoms with Gasteiger partial charge in [0.15, 0.2) is 0 Å². The smallest absolute Gasteiger partial charge is 0.0808 e. The first-order valence-corrected chi connectivity index (χ1v) is 17.4. The van der Waals surface area contributed by atoms with Crippen molar-refractivity contribution < 1.29 is 8.95 Å². The highest BCUT2D eigenvalue weighted by Crippen LogP contribution is 2.82. The molecular formula is C36H54O2S. The Hall–Kier alpha value is -0.930. The maximum absolute atomic E-state index is 14.0. The molecule has 3 heteroatoms. The minimum atomic E-state index is -1.10. The minimum Gasteiger partial charge on any atom is -0.381 e. The third-order valence-electron chi connectivity index (χ3n) is 13.9. The van der Waals surface area contributed by atoms with Gasteiger partial charge in [0.1, 0.15) is 0 Å². The molecule has 1 spiro atoms. The number of hydrogen-bond acceptors (Lipinski definition) is 2. The van der Waals surface area contributed by atoms with Gasteiger partial charge in [-0.1, -0.05) is 65.3 Å². The van der Waals surface area contributed by atoms with Crippen molar-refractivity contribution in [3.63, 3.8) is 0 Å². The van der Waals surface area contributed by atoms with Gasteiger partial charge in [0.25, 0.3) is 0 Å². The normalized spacial score (nSPS) is 45.2. The zero-order valence-electron chi connectivity index (χ0n) is 26.0. The van der Waals surface area contributed by atoms with E-state index in [2.05, 4.69) is 78.8 Å². The summed E-state index contributed by atoms with van der Waals surface area (Å²) >= 11 is 0. The van der Waals surface area contributed by atoms with Crippen LogP contribution in [0, 0.1) is 70.5 Å². The Kier molecular flexibility index (Phi) is 7.10. The van der Waals surface area contributed by atoms with E-state index < -0.39 is 10.8 Å². The quantitative estimate of drug-likeness (QED) is 0.338. The van der Waals surface area contributed by atoms with E-state index in [4.69, 9.17) is 4.74 Å². The summed E-state index contributed by atoms with van der Waals surface area (Å²) in [5.74, 6) is 5.37. The lowest BCUT2D eigenvalue weighted by Gasteiger charge is -2.61. The molecule has 39 heavy (non-hydrogen) atoms. The second-order valence-electron chi connectivity index (χ2n) is 15.5. The van der Waals surface area contributed by atoms with E-state index in [1.165, 1.54) is 56.9 Å². The maximum Gasteiger partial charge on any atom is 0.0808 e. The van der Waals surface area contributed by atoms with Gasteiger partial charge in [0, 0.05) is 22.3 Å². The molecule has 6 rings (SSSR count). The van der Waals surface area contributed by atoms with Crippen LogP contribution < -0.4 is 0 Å². The second-order valence-corrected chi connectivity index (χ2v) is 17.0. The molecule has 0 radical (unpaired) electrons. The SMILES string of the molecule is CO[C@@H]1C[C@H]2[C@@H]3CC[C@H]([C@H](C)/C=C(/[C@@H](C)C(C)C)[S@@](=O)c4ccc(C)cc4)[C@@]3(C)CC[C@@H]2[C@@]2(C)CC[C@@H]3C[C@]312. The summed E-state index contributed by atoms with van der Waals surface area (Å²) in [6.07, 6.45) is 14.1. The zero-order chi connectivity index (χ0) is 27.9. The predicted octanol–water partition coefficient (Wildman–Crippen LogP) is 9.20. The molecule has 5 aliphatic carbocycles. The fourth-order valence-electron chi connectivity index (χ4n) is 11.4. The molecule has 0 bridgehead atoms. The fourth-order valence-corrected chi connectivity index (χ4v) is 13.0. The van der Waals surface area contributed by atoms with Crippen molar-refractivity contribution in [1.82, 2.24) is 0 Å². The Labute approximate surface area is 241 Å². The van der Waals surface area contributed by atoms with E-state index in [1.807, 2.05) is 7.11 Å². The summed E-state index contributed by atoms with van der Waals surface area (Å²) in [5.41, 5.74) is 2.61. The van der Waals surface area contributed by atoms with E-state index in [0.29, 0.717) is 46.0 Å². The molecule has 1 aromatic carbocycles. The Bertz CT molecular complexity index is 1140. The van der Waals surface area contributed by atoms with Crippen LogP contribution in [-0.4, -0.2) is 17.4 Å². The Morgan fingerprint density at radius 1 is 1.00 bits per heavy atom. The van der Waals surface area contributed by atoms with E-state index in [9.17, 15) is 4.21 Å². The van der Waals surface area contributed by atoms with Crippen LogP contribution in [0.5, 0.6) is 0 Å². The van der Waals surface area contributed by atoms with Gasteiger partial charge in [-0.15, -0.1) is 0 Å². The Morgan fingerprint density at radius 3 is 2.36 bits per heavy atom. The van der Waals surface area contributed by atoms with Crippen LogP contribution in [0.4, 0.5) is 0 Å². The van der Waals surface area contributed by atoms with Gasteiger partial charge >= 0.3 is 0 Å². The fraction of sp³-hybridized carbons (Fsp3) is 0.778. The van der Waals surface area contributed by atoms with Crippen LogP contribution in [0.1, 0.15) is 98.5 Å². The Morgan fingerprint density at radius 2 is 1.72 bits per heavy atom. The molecule has 0 unspecified atom stereocenters. The summed E-state index contributed by atoms with van der Waals surface area (Å²) in [7, 11) is 0.905. The second kappa shape index (κ2) is 9.82. The van der Waals surface area contributed by atoms with E-state index >= 15 is 0 Å². The van der Waals surface area contributed by atoms with Crippen molar-refractivity contribution in [2.24, 2.45) is 63.6 Å². The Balaban J connectivity index is 1.28. The number of ether oxygens (including phenoxy) is 1. The lowest BCUT2D eigenvalue weighted by molar-refractivity contribution is -0.160. The number of benzene rings is 1. The highest BCUT2D eigenvalue weighted by molar-refractivity contribution is 7.89. The van der Waals surface area contributed by atoms with E-state index in [0.717, 1.165) is 33.5 Å². The monoisotopic (exact) mass is 550 g/mol. The lowest BCUT2D eigenvalue weighted by Crippen LogP contribution is -2.57. The van der Waals surface area contributed by atoms with Crippen molar-refractivity contribution in [2.75, 3.05) is 7.11 Å². The number of fused-ring (bicyclic) bond motifs is 4.